The molecule has 0 atom stereocenters. The Morgan fingerprint density at radius 3 is 2.55 bits per heavy atom. The molecule has 0 spiro atoms. The zero-order chi connectivity index (χ0) is 15.9. The van der Waals surface area contributed by atoms with Gasteiger partial charge in [0.05, 0.1) is 0 Å². The molecule has 0 saturated heterocycles. The van der Waals surface area contributed by atoms with Crippen LogP contribution in [0.1, 0.15) is 17.5 Å². The maximum atomic E-state index is 11.9. The third kappa shape index (κ3) is 4.86. The van der Waals surface area contributed by atoms with Crippen molar-refractivity contribution in [3.8, 4) is 0 Å². The molecule has 2 amide bonds. The lowest BCUT2D eigenvalue weighted by atomic mass is 10.2. The number of halogens is 1. The highest BCUT2D eigenvalue weighted by atomic mass is 35.5. The van der Waals surface area contributed by atoms with Crippen LogP contribution in [0, 0.1) is 6.92 Å². The normalized spacial score (nSPS) is 10.1. The molecule has 0 aliphatic carbocycles. The molecule has 0 radical (unpaired) electrons. The van der Waals surface area contributed by atoms with E-state index >= 15 is 0 Å². The number of amides is 2. The van der Waals surface area contributed by atoms with Crippen LogP contribution in [0.2, 0.25) is 5.02 Å². The highest BCUT2D eigenvalue weighted by molar-refractivity contribution is 6.30. The molecule has 0 saturated carbocycles. The van der Waals surface area contributed by atoms with Crippen LogP contribution in [0.15, 0.2) is 42.7 Å². The second-order valence-corrected chi connectivity index (χ2v) is 5.25. The van der Waals surface area contributed by atoms with Crippen molar-refractivity contribution in [3.05, 3.63) is 58.9 Å². The van der Waals surface area contributed by atoms with Gasteiger partial charge in [0, 0.05) is 29.6 Å². The molecule has 114 valence electrons. The Morgan fingerprint density at radius 1 is 1.14 bits per heavy atom. The average Bonchev–Trinajstić information content (AvgIpc) is 2.49. The highest BCUT2D eigenvalue weighted by Crippen LogP contribution is 2.19. The van der Waals surface area contributed by atoms with Gasteiger partial charge in [0.2, 0.25) is 11.8 Å². The third-order valence-electron chi connectivity index (χ3n) is 3.02. The van der Waals surface area contributed by atoms with Crippen molar-refractivity contribution in [1.82, 2.24) is 10.3 Å². The molecule has 2 rings (SSSR count). The summed E-state index contributed by atoms with van der Waals surface area (Å²) in [5, 5.41) is 5.99. The molecule has 0 aliphatic heterocycles. The fourth-order valence-corrected chi connectivity index (χ4v) is 2.10. The molecule has 1 aromatic heterocycles. The van der Waals surface area contributed by atoms with Crippen molar-refractivity contribution in [2.75, 3.05) is 5.32 Å². The van der Waals surface area contributed by atoms with Crippen LogP contribution in [0.4, 0.5) is 5.69 Å². The number of hydrogen-bond donors (Lipinski definition) is 2. The molecule has 2 N–H and O–H groups in total. The number of carbonyl (C=O) groups is 2. The van der Waals surface area contributed by atoms with E-state index in [0.29, 0.717) is 17.3 Å². The van der Waals surface area contributed by atoms with Gasteiger partial charge in [-0.05, 0) is 48.4 Å². The zero-order valence-corrected chi connectivity index (χ0v) is 12.9. The monoisotopic (exact) mass is 317 g/mol. The number of rotatable bonds is 5. The van der Waals surface area contributed by atoms with Gasteiger partial charge in [-0.25, -0.2) is 0 Å². The molecule has 0 aliphatic rings. The SMILES string of the molecule is Cc1cc(Cl)ccc1NC(=O)CC(=O)NCc1ccncc1. The van der Waals surface area contributed by atoms with Crippen molar-refractivity contribution in [1.29, 1.82) is 0 Å². The Hall–Kier alpha value is -2.40. The van der Waals surface area contributed by atoms with Crippen molar-refractivity contribution < 1.29 is 9.59 Å². The molecule has 22 heavy (non-hydrogen) atoms. The Labute approximate surface area is 133 Å². The standard InChI is InChI=1S/C16H16ClN3O2/c1-11-8-13(17)2-3-14(11)20-16(22)9-15(21)19-10-12-4-6-18-7-5-12/h2-8H,9-10H2,1H3,(H,19,21)(H,20,22). The summed E-state index contributed by atoms with van der Waals surface area (Å²) < 4.78 is 0. The molecule has 0 unspecified atom stereocenters. The average molecular weight is 318 g/mol. The van der Waals surface area contributed by atoms with Gasteiger partial charge < -0.3 is 10.6 Å². The zero-order valence-electron chi connectivity index (χ0n) is 12.1. The van der Waals surface area contributed by atoms with E-state index in [9.17, 15) is 9.59 Å². The first-order valence-corrected chi connectivity index (χ1v) is 7.14. The first-order valence-electron chi connectivity index (χ1n) is 6.76. The van der Waals surface area contributed by atoms with Crippen LogP contribution in [0.25, 0.3) is 0 Å². The summed E-state index contributed by atoms with van der Waals surface area (Å²) in [7, 11) is 0. The Balaban J connectivity index is 1.82. The van der Waals surface area contributed by atoms with E-state index in [1.165, 1.54) is 0 Å². The Morgan fingerprint density at radius 2 is 1.86 bits per heavy atom. The van der Waals surface area contributed by atoms with E-state index in [0.717, 1.165) is 11.1 Å². The summed E-state index contributed by atoms with van der Waals surface area (Å²) in [6, 6.07) is 8.76. The lowest BCUT2D eigenvalue weighted by molar-refractivity contribution is -0.126. The van der Waals surface area contributed by atoms with Gasteiger partial charge in [0.15, 0.2) is 0 Å². The summed E-state index contributed by atoms with van der Waals surface area (Å²) in [4.78, 5) is 27.5. The fourth-order valence-electron chi connectivity index (χ4n) is 1.87. The molecule has 5 nitrogen and oxygen atoms in total. The number of nitrogens with zero attached hydrogens (tertiary/aromatic N) is 1. The summed E-state index contributed by atoms with van der Waals surface area (Å²) in [5.74, 6) is -0.696. The minimum Gasteiger partial charge on any atom is -0.352 e. The summed E-state index contributed by atoms with van der Waals surface area (Å²) in [5.41, 5.74) is 2.42. The van der Waals surface area contributed by atoms with Gasteiger partial charge in [0.1, 0.15) is 6.42 Å². The molecule has 6 heteroatoms. The second-order valence-electron chi connectivity index (χ2n) is 4.82. The van der Waals surface area contributed by atoms with E-state index in [1.54, 1.807) is 42.7 Å². The highest BCUT2D eigenvalue weighted by Gasteiger charge is 2.10. The molecule has 1 heterocycles. The Kier molecular flexibility index (Phi) is 5.49. The van der Waals surface area contributed by atoms with Crippen LogP contribution in [0.5, 0.6) is 0 Å². The maximum absolute atomic E-state index is 11.9. The van der Waals surface area contributed by atoms with Gasteiger partial charge in [-0.2, -0.15) is 0 Å². The minimum atomic E-state index is -0.363. The van der Waals surface area contributed by atoms with Gasteiger partial charge in [-0.3, -0.25) is 14.6 Å². The quantitative estimate of drug-likeness (QED) is 0.833. The predicted molar refractivity (Wildman–Crippen MR) is 85.5 cm³/mol. The molecular weight excluding hydrogens is 302 g/mol. The number of pyridine rings is 1. The smallest absolute Gasteiger partial charge is 0.233 e. The van der Waals surface area contributed by atoms with Gasteiger partial charge >= 0.3 is 0 Å². The van der Waals surface area contributed by atoms with E-state index in [-0.39, 0.29) is 18.2 Å². The molecule has 1 aromatic carbocycles. The van der Waals surface area contributed by atoms with Gasteiger partial charge in [-0.1, -0.05) is 11.6 Å². The third-order valence-corrected chi connectivity index (χ3v) is 3.26. The molecular formula is C16H16ClN3O2. The van der Waals surface area contributed by atoms with Crippen molar-refractivity contribution >= 4 is 29.1 Å². The van der Waals surface area contributed by atoms with Crippen molar-refractivity contribution in [2.45, 2.75) is 19.9 Å². The van der Waals surface area contributed by atoms with E-state index in [1.807, 2.05) is 6.92 Å². The largest absolute Gasteiger partial charge is 0.352 e. The molecule has 0 fully saturated rings. The number of anilines is 1. The van der Waals surface area contributed by atoms with Gasteiger partial charge in [-0.15, -0.1) is 0 Å². The predicted octanol–water partition coefficient (Wildman–Crippen LogP) is 2.69. The topological polar surface area (TPSA) is 71.1 Å². The van der Waals surface area contributed by atoms with Crippen molar-refractivity contribution in [3.63, 3.8) is 0 Å². The number of aromatic nitrogens is 1. The molecule has 2 aromatic rings. The summed E-state index contributed by atoms with van der Waals surface area (Å²) in [6.45, 7) is 2.21. The summed E-state index contributed by atoms with van der Waals surface area (Å²) >= 11 is 5.86. The number of hydrogen-bond acceptors (Lipinski definition) is 3. The van der Waals surface area contributed by atoms with E-state index < -0.39 is 0 Å². The fraction of sp³-hybridized carbons (Fsp3) is 0.188. The van der Waals surface area contributed by atoms with Crippen LogP contribution in [0.3, 0.4) is 0 Å². The van der Waals surface area contributed by atoms with Crippen LogP contribution < -0.4 is 10.6 Å². The van der Waals surface area contributed by atoms with Gasteiger partial charge in [0.25, 0.3) is 0 Å². The first-order chi connectivity index (χ1) is 10.5. The lowest BCUT2D eigenvalue weighted by Gasteiger charge is -2.09. The molecule has 0 bridgehead atoms. The maximum Gasteiger partial charge on any atom is 0.233 e. The van der Waals surface area contributed by atoms with Crippen LogP contribution in [-0.4, -0.2) is 16.8 Å². The minimum absolute atomic E-state index is 0.229. The van der Waals surface area contributed by atoms with Crippen LogP contribution >= 0.6 is 11.6 Å². The number of carbonyl (C=O) groups excluding carboxylic acids is 2. The van der Waals surface area contributed by atoms with Crippen molar-refractivity contribution in [2.24, 2.45) is 0 Å². The van der Waals surface area contributed by atoms with Crippen LogP contribution in [-0.2, 0) is 16.1 Å². The first kappa shape index (κ1) is 16.0. The number of benzene rings is 1. The van der Waals surface area contributed by atoms with E-state index in [2.05, 4.69) is 15.6 Å². The second kappa shape index (κ2) is 7.56. The lowest BCUT2D eigenvalue weighted by Crippen LogP contribution is -2.27. The Bertz CT molecular complexity index is 674. The number of nitrogens with one attached hydrogen (secondary N) is 2. The summed E-state index contributed by atoms with van der Waals surface area (Å²) in [6.07, 6.45) is 3.07. The van der Waals surface area contributed by atoms with E-state index in [4.69, 9.17) is 11.6 Å². The number of aryl methyl sites for hydroxylation is 1.